The first-order valence-electron chi connectivity index (χ1n) is 9.50. The van der Waals surface area contributed by atoms with Crippen LogP contribution >= 0.6 is 47.0 Å². The van der Waals surface area contributed by atoms with Gasteiger partial charge >= 0.3 is 6.09 Å². The summed E-state index contributed by atoms with van der Waals surface area (Å²) < 4.78 is 16.6. The van der Waals surface area contributed by atoms with E-state index < -0.39 is 16.9 Å². The third-order valence-electron chi connectivity index (χ3n) is 2.74. The second kappa shape index (κ2) is 25.9. The van der Waals surface area contributed by atoms with Crippen LogP contribution in [0.2, 0.25) is 0 Å². The molecule has 0 aliphatic rings. The number of hydrogen-bond acceptors (Lipinski definition) is 14. The third-order valence-corrected chi connectivity index (χ3v) is 7.63. The Bertz CT molecular complexity index is 589. The number of rotatable bonds is 21. The van der Waals surface area contributed by atoms with Crippen LogP contribution < -0.4 is 10.6 Å². The summed E-state index contributed by atoms with van der Waals surface area (Å²) in [5.41, 5.74) is 1.35. The Morgan fingerprint density at radius 1 is 0.970 bits per heavy atom. The van der Waals surface area contributed by atoms with Gasteiger partial charge < -0.3 is 30.5 Å². The molecule has 4 N–H and O–H groups in total. The molecule has 0 heterocycles. The van der Waals surface area contributed by atoms with Crippen LogP contribution in [0, 0.1) is 0 Å². The number of thioether (sulfide) groups is 4. The van der Waals surface area contributed by atoms with E-state index in [0.29, 0.717) is 46.5 Å². The summed E-state index contributed by atoms with van der Waals surface area (Å²) in [5.74, 6) is 1.44. The minimum absolute atomic E-state index is 0.0327. The number of carbonyl (C=O) groups excluding carboxylic acids is 2. The van der Waals surface area contributed by atoms with Crippen molar-refractivity contribution in [3.63, 3.8) is 0 Å². The first-order valence-corrected chi connectivity index (χ1v) is 15.3. The third kappa shape index (κ3) is 25.8. The molecule has 1 unspecified atom stereocenters. The first kappa shape index (κ1) is 32.3. The smallest absolute Gasteiger partial charge is 0.407 e. The van der Waals surface area contributed by atoms with Gasteiger partial charge in [0.1, 0.15) is 0 Å². The second-order valence-electron chi connectivity index (χ2n) is 5.35. The van der Waals surface area contributed by atoms with Crippen molar-refractivity contribution in [3.05, 3.63) is 0 Å². The van der Waals surface area contributed by atoms with Crippen LogP contribution in [0.5, 0.6) is 0 Å². The lowest BCUT2D eigenvalue weighted by Gasteiger charge is -2.04. The molecule has 0 radical (unpaired) electrons. The van der Waals surface area contributed by atoms with Crippen LogP contribution in [0.1, 0.15) is 12.8 Å². The zero-order valence-electron chi connectivity index (χ0n) is 17.9. The van der Waals surface area contributed by atoms with Gasteiger partial charge in [0.25, 0.3) is 5.24 Å². The van der Waals surface area contributed by atoms with Crippen molar-refractivity contribution in [1.29, 1.82) is 0 Å². The van der Waals surface area contributed by atoms with Gasteiger partial charge in [-0.1, -0.05) is 11.8 Å². The summed E-state index contributed by atoms with van der Waals surface area (Å²) in [5, 5.41) is 23.0. The van der Waals surface area contributed by atoms with E-state index in [0.717, 1.165) is 18.2 Å². The summed E-state index contributed by atoms with van der Waals surface area (Å²) in [4.78, 5) is 40.2. The molecule has 0 aromatic heterocycles. The van der Waals surface area contributed by atoms with Crippen LogP contribution in [0.15, 0.2) is 9.98 Å². The van der Waals surface area contributed by atoms with Crippen molar-refractivity contribution in [3.8, 4) is 0 Å². The lowest BCUT2D eigenvalue weighted by Crippen LogP contribution is -2.24. The Hall–Kier alpha value is -0.690. The molecule has 0 fully saturated rings. The minimum Gasteiger partial charge on any atom is -0.449 e. The molecule has 0 saturated carbocycles. The number of aliphatic imine (C=N–C) groups is 2. The molecule has 2 amide bonds. The largest absolute Gasteiger partial charge is 0.449 e. The van der Waals surface area contributed by atoms with Crippen LogP contribution in [-0.4, -0.2) is 97.8 Å². The maximum absolute atomic E-state index is 11.8. The van der Waals surface area contributed by atoms with E-state index in [1.54, 1.807) is 0 Å². The monoisotopic (exact) mass is 566 g/mol. The van der Waals surface area contributed by atoms with E-state index in [1.807, 2.05) is 0 Å². The van der Waals surface area contributed by atoms with E-state index in [1.165, 1.54) is 40.8 Å². The molecule has 192 valence electrons. The van der Waals surface area contributed by atoms with E-state index in [9.17, 15) is 13.8 Å². The molecular formula is C16H30N4O8S5. The number of carbonyl (C=O) groups is 2. The number of aliphatic hydroxyl groups excluding tert-OH is 2. The summed E-state index contributed by atoms with van der Waals surface area (Å²) in [7, 11) is -1.24. The highest BCUT2D eigenvalue weighted by atomic mass is 32.2. The summed E-state index contributed by atoms with van der Waals surface area (Å²) in [6, 6.07) is 0. The van der Waals surface area contributed by atoms with Crippen molar-refractivity contribution < 1.29 is 38.5 Å². The average Bonchev–Trinajstić information content (AvgIpc) is 2.80. The molecule has 0 aliphatic heterocycles. The molecule has 17 heteroatoms. The van der Waals surface area contributed by atoms with E-state index in [2.05, 4.69) is 25.5 Å². The van der Waals surface area contributed by atoms with Crippen molar-refractivity contribution in [1.82, 2.24) is 10.6 Å². The topological polar surface area (TPSA) is 168 Å². The zero-order valence-corrected chi connectivity index (χ0v) is 22.0. The number of amides is 2. The number of nitrogens with zero attached hydrogens (tertiary/aromatic N) is 2. The molecule has 0 aliphatic carbocycles. The van der Waals surface area contributed by atoms with Gasteiger partial charge in [0.05, 0.1) is 58.2 Å². The van der Waals surface area contributed by atoms with Gasteiger partial charge in [-0.05, 0) is 6.42 Å². The van der Waals surface area contributed by atoms with E-state index in [-0.39, 0.29) is 31.7 Å². The SMILES string of the molecule is O=C(NCSC/N=C/S(=O)CSCSC(=O)NCSC/N=C/OOCCCO)OCCCO. The Morgan fingerprint density at radius 2 is 1.67 bits per heavy atom. The van der Waals surface area contributed by atoms with E-state index >= 15 is 0 Å². The fourth-order valence-corrected chi connectivity index (χ4v) is 5.50. The average molecular weight is 567 g/mol. The normalized spacial score (nSPS) is 12.2. The van der Waals surface area contributed by atoms with Crippen molar-refractivity contribution in [2.45, 2.75) is 12.8 Å². The fourth-order valence-electron chi connectivity index (χ4n) is 1.37. The number of aliphatic hydroxyl groups is 2. The summed E-state index contributed by atoms with van der Waals surface area (Å²) >= 11 is 5.16. The Kier molecular flexibility index (Phi) is 25.4. The predicted octanol–water partition coefficient (Wildman–Crippen LogP) is 1.62. The minimum atomic E-state index is -1.24. The molecular weight excluding hydrogens is 537 g/mol. The number of alkyl carbamates (subject to hydrolysis) is 1. The van der Waals surface area contributed by atoms with Crippen LogP contribution in [-0.2, 0) is 25.3 Å². The van der Waals surface area contributed by atoms with Crippen molar-refractivity contribution in [2.24, 2.45) is 9.98 Å². The first-order chi connectivity index (χ1) is 16.1. The maximum atomic E-state index is 11.8. The molecule has 0 aromatic rings. The highest BCUT2D eigenvalue weighted by Gasteiger charge is 2.03. The van der Waals surface area contributed by atoms with Gasteiger partial charge in [-0.3, -0.25) is 14.0 Å². The van der Waals surface area contributed by atoms with Gasteiger partial charge in [-0.15, -0.1) is 35.3 Å². The quantitative estimate of drug-likeness (QED) is 0.0396. The van der Waals surface area contributed by atoms with Gasteiger partial charge in [0.15, 0.2) is 0 Å². The summed E-state index contributed by atoms with van der Waals surface area (Å²) in [6.07, 6.45) is 1.49. The van der Waals surface area contributed by atoms with Gasteiger partial charge in [0, 0.05) is 24.7 Å². The van der Waals surface area contributed by atoms with Crippen LogP contribution in [0.4, 0.5) is 9.59 Å². The van der Waals surface area contributed by atoms with Gasteiger partial charge in [0.2, 0.25) is 6.40 Å². The molecule has 0 spiro atoms. The fraction of sp³-hybridized carbons (Fsp3) is 0.750. The number of nitrogens with one attached hydrogen (secondary N) is 2. The second-order valence-corrected chi connectivity index (χ2v) is 11.2. The number of ether oxygens (including phenoxy) is 1. The molecule has 0 rings (SSSR count). The standard InChI is InChI=1S/C16H30N4O8S5/c21-3-1-5-26-15(23)19-10-30-9-18-12-33(25)14-31-13-32-16(24)20-11-29-8-17-7-28-27-6-2-4-22/h7,12,21-22H,1-6,8-11,13-14H2,(H,19,23)(H,20,24)/b17-7+,18-12+. The molecule has 0 aromatic carbocycles. The Morgan fingerprint density at radius 3 is 2.42 bits per heavy atom. The van der Waals surface area contributed by atoms with Gasteiger partial charge in [-0.25, -0.2) is 9.79 Å². The predicted molar refractivity (Wildman–Crippen MR) is 138 cm³/mol. The summed E-state index contributed by atoms with van der Waals surface area (Å²) in [6.45, 7) is 0.447. The maximum Gasteiger partial charge on any atom is 0.407 e. The Labute approximate surface area is 212 Å². The lowest BCUT2D eigenvalue weighted by molar-refractivity contribution is -0.217. The van der Waals surface area contributed by atoms with E-state index in [4.69, 9.17) is 19.8 Å². The van der Waals surface area contributed by atoms with Crippen molar-refractivity contribution >= 4 is 81.1 Å². The van der Waals surface area contributed by atoms with Crippen LogP contribution in [0.3, 0.4) is 0 Å². The van der Waals surface area contributed by atoms with Gasteiger partial charge in [-0.2, -0.15) is 4.89 Å². The molecule has 12 nitrogen and oxygen atoms in total. The lowest BCUT2D eigenvalue weighted by atomic mass is 10.5. The Balaban J connectivity index is 3.51. The van der Waals surface area contributed by atoms with Crippen LogP contribution in [0.25, 0.3) is 0 Å². The molecule has 0 saturated heterocycles. The highest BCUT2D eigenvalue weighted by Crippen LogP contribution is 2.14. The molecule has 33 heavy (non-hydrogen) atoms. The van der Waals surface area contributed by atoms with Crippen molar-refractivity contribution in [2.75, 3.05) is 60.1 Å². The molecule has 0 bridgehead atoms. The zero-order chi connectivity index (χ0) is 24.4. The number of hydrogen-bond donors (Lipinski definition) is 4. The highest BCUT2D eigenvalue weighted by molar-refractivity contribution is 8.27. The molecule has 1 atom stereocenters.